The van der Waals surface area contributed by atoms with Gasteiger partial charge in [-0.05, 0) is 12.3 Å². The van der Waals surface area contributed by atoms with E-state index < -0.39 is 0 Å². The summed E-state index contributed by atoms with van der Waals surface area (Å²) in [6.07, 6.45) is 2.50. The standard InChI is InChI=1S/C12H23ClN4O/c1-10(2)8-17-12(15-9-16-17)7-14-11(6-13)4-5-18-3/h9-11,14H,4-8H2,1-3H3. The SMILES string of the molecule is COCCC(CCl)NCc1ncnn1CC(C)C. The van der Waals surface area contributed by atoms with Crippen LogP contribution in [0.4, 0.5) is 0 Å². The van der Waals surface area contributed by atoms with Crippen molar-refractivity contribution in [1.82, 2.24) is 20.1 Å². The van der Waals surface area contributed by atoms with Gasteiger partial charge in [-0.2, -0.15) is 5.10 Å². The van der Waals surface area contributed by atoms with Crippen molar-refractivity contribution in [2.45, 2.75) is 39.4 Å². The van der Waals surface area contributed by atoms with E-state index in [0.717, 1.165) is 18.8 Å². The molecule has 1 N–H and O–H groups in total. The van der Waals surface area contributed by atoms with Crippen molar-refractivity contribution in [3.8, 4) is 0 Å². The molecule has 6 heteroatoms. The van der Waals surface area contributed by atoms with Crippen molar-refractivity contribution in [3.63, 3.8) is 0 Å². The summed E-state index contributed by atoms with van der Waals surface area (Å²) in [5.41, 5.74) is 0. The van der Waals surface area contributed by atoms with Crippen LogP contribution in [0.1, 0.15) is 26.1 Å². The first-order valence-electron chi connectivity index (χ1n) is 6.32. The zero-order valence-electron chi connectivity index (χ0n) is 11.4. The normalized spacial score (nSPS) is 13.2. The summed E-state index contributed by atoms with van der Waals surface area (Å²) in [4.78, 5) is 4.27. The molecule has 0 bridgehead atoms. The van der Waals surface area contributed by atoms with Gasteiger partial charge in [0.2, 0.25) is 0 Å². The topological polar surface area (TPSA) is 52.0 Å². The minimum atomic E-state index is 0.246. The molecule has 0 radical (unpaired) electrons. The van der Waals surface area contributed by atoms with Crippen molar-refractivity contribution in [3.05, 3.63) is 12.2 Å². The highest BCUT2D eigenvalue weighted by atomic mass is 35.5. The second kappa shape index (κ2) is 8.45. The van der Waals surface area contributed by atoms with Crippen LogP contribution in [0, 0.1) is 5.92 Å². The van der Waals surface area contributed by atoms with Gasteiger partial charge in [0.1, 0.15) is 12.2 Å². The van der Waals surface area contributed by atoms with Crippen LogP contribution in [0.3, 0.4) is 0 Å². The number of aromatic nitrogens is 3. The number of alkyl halides is 1. The van der Waals surface area contributed by atoms with E-state index in [1.165, 1.54) is 0 Å². The quantitative estimate of drug-likeness (QED) is 0.696. The minimum absolute atomic E-state index is 0.246. The Morgan fingerprint density at radius 2 is 2.28 bits per heavy atom. The van der Waals surface area contributed by atoms with Crippen LogP contribution in [-0.2, 0) is 17.8 Å². The second-order valence-electron chi connectivity index (χ2n) is 4.77. The van der Waals surface area contributed by atoms with Gasteiger partial charge in [0.25, 0.3) is 0 Å². The van der Waals surface area contributed by atoms with E-state index in [1.54, 1.807) is 13.4 Å². The first-order valence-corrected chi connectivity index (χ1v) is 6.85. The molecule has 5 nitrogen and oxygen atoms in total. The minimum Gasteiger partial charge on any atom is -0.385 e. The first kappa shape index (κ1) is 15.4. The molecule has 0 fully saturated rings. The van der Waals surface area contributed by atoms with Crippen LogP contribution in [0.15, 0.2) is 6.33 Å². The predicted octanol–water partition coefficient (Wildman–Crippen LogP) is 1.67. The number of hydrogen-bond acceptors (Lipinski definition) is 4. The number of methoxy groups -OCH3 is 1. The summed E-state index contributed by atoms with van der Waals surface area (Å²) < 4.78 is 7.00. The van der Waals surface area contributed by atoms with Gasteiger partial charge in [-0.15, -0.1) is 11.6 Å². The van der Waals surface area contributed by atoms with Crippen LogP contribution in [0.25, 0.3) is 0 Å². The third-order valence-electron chi connectivity index (χ3n) is 2.64. The smallest absolute Gasteiger partial charge is 0.140 e. The molecule has 1 atom stereocenters. The van der Waals surface area contributed by atoms with E-state index in [0.29, 0.717) is 24.9 Å². The number of rotatable bonds is 9. The van der Waals surface area contributed by atoms with Gasteiger partial charge in [0.15, 0.2) is 0 Å². The lowest BCUT2D eigenvalue weighted by atomic mass is 10.2. The molecular weight excluding hydrogens is 252 g/mol. The van der Waals surface area contributed by atoms with E-state index >= 15 is 0 Å². The lowest BCUT2D eigenvalue weighted by Gasteiger charge is -2.16. The number of nitrogens with zero attached hydrogens (tertiary/aromatic N) is 3. The Kier molecular flexibility index (Phi) is 7.23. The number of halogens is 1. The summed E-state index contributed by atoms with van der Waals surface area (Å²) in [5.74, 6) is 2.08. The summed E-state index contributed by atoms with van der Waals surface area (Å²) in [6.45, 7) is 6.62. The van der Waals surface area contributed by atoms with Crippen molar-refractivity contribution in [1.29, 1.82) is 0 Å². The third-order valence-corrected chi connectivity index (χ3v) is 3.01. The van der Waals surface area contributed by atoms with Crippen molar-refractivity contribution < 1.29 is 4.74 Å². The Balaban J connectivity index is 2.43. The second-order valence-corrected chi connectivity index (χ2v) is 5.07. The molecular formula is C12H23ClN4O. The maximum absolute atomic E-state index is 5.91. The third kappa shape index (κ3) is 5.33. The molecule has 0 saturated heterocycles. The molecule has 1 rings (SSSR count). The highest BCUT2D eigenvalue weighted by Crippen LogP contribution is 2.03. The fraction of sp³-hybridized carbons (Fsp3) is 0.833. The maximum atomic E-state index is 5.91. The summed E-state index contributed by atoms with van der Waals surface area (Å²) in [6, 6.07) is 0.246. The first-order chi connectivity index (χ1) is 8.67. The molecule has 0 aliphatic rings. The Morgan fingerprint density at radius 1 is 1.50 bits per heavy atom. The molecule has 0 amide bonds. The van der Waals surface area contributed by atoms with Gasteiger partial charge >= 0.3 is 0 Å². The Hall–Kier alpha value is -0.650. The van der Waals surface area contributed by atoms with Crippen LogP contribution >= 0.6 is 11.6 Å². The van der Waals surface area contributed by atoms with E-state index in [9.17, 15) is 0 Å². The molecule has 1 unspecified atom stereocenters. The molecule has 0 aliphatic carbocycles. The lowest BCUT2D eigenvalue weighted by molar-refractivity contribution is 0.185. The summed E-state index contributed by atoms with van der Waals surface area (Å²) in [7, 11) is 1.70. The van der Waals surface area contributed by atoms with E-state index in [2.05, 4.69) is 29.2 Å². The van der Waals surface area contributed by atoms with Gasteiger partial charge in [0, 0.05) is 32.2 Å². The van der Waals surface area contributed by atoms with Gasteiger partial charge in [-0.3, -0.25) is 0 Å². The Labute approximate surface area is 114 Å². The molecule has 0 saturated carbocycles. The van der Waals surface area contributed by atoms with Gasteiger partial charge < -0.3 is 10.1 Å². The summed E-state index contributed by atoms with van der Waals surface area (Å²) in [5, 5.41) is 7.62. The van der Waals surface area contributed by atoms with Gasteiger partial charge in [0.05, 0.1) is 6.54 Å². The molecule has 1 aromatic rings. The maximum Gasteiger partial charge on any atom is 0.140 e. The van der Waals surface area contributed by atoms with Crippen molar-refractivity contribution in [2.24, 2.45) is 5.92 Å². The number of ether oxygens (including phenoxy) is 1. The van der Waals surface area contributed by atoms with Crippen LogP contribution in [-0.4, -0.2) is 40.4 Å². The highest BCUT2D eigenvalue weighted by molar-refractivity contribution is 6.18. The molecule has 18 heavy (non-hydrogen) atoms. The molecule has 0 aromatic carbocycles. The zero-order chi connectivity index (χ0) is 13.4. The largest absolute Gasteiger partial charge is 0.385 e. The lowest BCUT2D eigenvalue weighted by Crippen LogP contribution is -2.32. The predicted molar refractivity (Wildman–Crippen MR) is 72.7 cm³/mol. The average Bonchev–Trinajstić information content (AvgIpc) is 2.76. The Morgan fingerprint density at radius 3 is 2.89 bits per heavy atom. The van der Waals surface area contributed by atoms with Crippen LogP contribution < -0.4 is 5.32 Å². The van der Waals surface area contributed by atoms with E-state index in [4.69, 9.17) is 16.3 Å². The van der Waals surface area contributed by atoms with Crippen LogP contribution in [0.5, 0.6) is 0 Å². The molecule has 0 spiro atoms. The molecule has 0 aliphatic heterocycles. The van der Waals surface area contributed by atoms with E-state index in [1.807, 2.05) is 4.68 Å². The number of nitrogens with one attached hydrogen (secondary N) is 1. The molecule has 104 valence electrons. The average molecular weight is 275 g/mol. The Bertz CT molecular complexity index is 330. The molecule has 1 heterocycles. The fourth-order valence-electron chi connectivity index (χ4n) is 1.65. The van der Waals surface area contributed by atoms with Gasteiger partial charge in [-0.25, -0.2) is 9.67 Å². The number of hydrogen-bond donors (Lipinski definition) is 1. The van der Waals surface area contributed by atoms with Crippen molar-refractivity contribution >= 4 is 11.6 Å². The van der Waals surface area contributed by atoms with Crippen LogP contribution in [0.2, 0.25) is 0 Å². The molecule has 1 aromatic heterocycles. The highest BCUT2D eigenvalue weighted by Gasteiger charge is 2.10. The summed E-state index contributed by atoms with van der Waals surface area (Å²) >= 11 is 5.91. The fourth-order valence-corrected chi connectivity index (χ4v) is 1.92. The zero-order valence-corrected chi connectivity index (χ0v) is 12.2. The van der Waals surface area contributed by atoms with Gasteiger partial charge in [-0.1, -0.05) is 13.8 Å². The van der Waals surface area contributed by atoms with Crippen molar-refractivity contribution in [2.75, 3.05) is 19.6 Å². The monoisotopic (exact) mass is 274 g/mol. The van der Waals surface area contributed by atoms with E-state index in [-0.39, 0.29) is 6.04 Å².